The number of carbonyl (C=O) groups excluding carboxylic acids is 1. The Bertz CT molecular complexity index is 1170. The van der Waals surface area contributed by atoms with Crippen molar-refractivity contribution in [3.05, 3.63) is 71.5 Å². The first-order valence-electron chi connectivity index (χ1n) is 8.99. The number of fused-ring (bicyclic) bond motifs is 1. The van der Waals surface area contributed by atoms with Crippen molar-refractivity contribution in [1.82, 2.24) is 34.8 Å². The van der Waals surface area contributed by atoms with Crippen molar-refractivity contribution in [2.45, 2.75) is 6.54 Å². The summed E-state index contributed by atoms with van der Waals surface area (Å²) in [6.07, 6.45) is 4.83. The molecule has 29 heavy (non-hydrogen) atoms. The quantitative estimate of drug-likeness (QED) is 0.444. The van der Waals surface area contributed by atoms with Crippen molar-refractivity contribution in [2.24, 2.45) is 0 Å². The van der Waals surface area contributed by atoms with Crippen LogP contribution < -0.4 is 16.2 Å². The highest BCUT2D eigenvalue weighted by atomic mass is 16.2. The minimum Gasteiger partial charge on any atom is -0.367 e. The number of amides is 1. The molecule has 0 saturated carbocycles. The molecule has 1 aromatic carbocycles. The summed E-state index contributed by atoms with van der Waals surface area (Å²) in [6, 6.07) is 12.4. The summed E-state index contributed by atoms with van der Waals surface area (Å²) in [5, 5.41) is 18.6. The van der Waals surface area contributed by atoms with Gasteiger partial charge in [0.15, 0.2) is 5.82 Å². The fraction of sp³-hybridized carbons (Fsp3) is 0.158. The van der Waals surface area contributed by atoms with Crippen LogP contribution >= 0.6 is 0 Å². The average molecular weight is 390 g/mol. The molecule has 0 unspecified atom stereocenters. The van der Waals surface area contributed by atoms with Gasteiger partial charge in [-0.3, -0.25) is 14.2 Å². The Labute approximate surface area is 165 Å². The normalized spacial score (nSPS) is 10.8. The number of aromatic nitrogens is 6. The van der Waals surface area contributed by atoms with Gasteiger partial charge in [-0.1, -0.05) is 12.1 Å². The van der Waals surface area contributed by atoms with Crippen LogP contribution in [0.1, 0.15) is 0 Å². The van der Waals surface area contributed by atoms with E-state index in [1.54, 1.807) is 53.5 Å². The molecule has 4 rings (SSSR count). The lowest BCUT2D eigenvalue weighted by atomic mass is 10.2. The molecule has 3 heterocycles. The molecule has 0 aliphatic heterocycles. The molecule has 3 aromatic heterocycles. The zero-order valence-electron chi connectivity index (χ0n) is 15.4. The fourth-order valence-electron chi connectivity index (χ4n) is 2.77. The van der Waals surface area contributed by atoms with Gasteiger partial charge in [0.2, 0.25) is 5.91 Å². The van der Waals surface area contributed by atoms with Crippen LogP contribution in [0.4, 0.5) is 5.82 Å². The number of hydrogen-bond donors (Lipinski definition) is 2. The molecule has 10 nitrogen and oxygen atoms in total. The molecule has 0 saturated heterocycles. The first kappa shape index (κ1) is 18.3. The SMILES string of the molecule is O=C(Cn1cnc2ccccc2c1=O)NCCNc1ccc(-n2cccn2)nn1. The molecule has 0 atom stereocenters. The van der Waals surface area contributed by atoms with Crippen LogP contribution in [0.15, 0.2) is 66.0 Å². The van der Waals surface area contributed by atoms with Gasteiger partial charge in [0.05, 0.1) is 17.2 Å². The van der Waals surface area contributed by atoms with Crippen LogP contribution in [-0.2, 0) is 11.3 Å². The number of para-hydroxylation sites is 1. The molecule has 0 aliphatic carbocycles. The molecular weight excluding hydrogens is 372 g/mol. The van der Waals surface area contributed by atoms with Gasteiger partial charge in [-0.15, -0.1) is 10.2 Å². The summed E-state index contributed by atoms with van der Waals surface area (Å²) in [5.74, 6) is 0.930. The summed E-state index contributed by atoms with van der Waals surface area (Å²) in [5.41, 5.74) is 0.370. The van der Waals surface area contributed by atoms with E-state index in [1.165, 1.54) is 10.9 Å². The van der Waals surface area contributed by atoms with E-state index in [0.717, 1.165) is 0 Å². The van der Waals surface area contributed by atoms with Gasteiger partial charge in [-0.2, -0.15) is 5.10 Å². The van der Waals surface area contributed by atoms with E-state index < -0.39 is 0 Å². The van der Waals surface area contributed by atoms with Gasteiger partial charge in [0.25, 0.3) is 5.56 Å². The molecular formula is C19H18N8O2. The minimum absolute atomic E-state index is 0.0883. The smallest absolute Gasteiger partial charge is 0.261 e. The molecule has 0 bridgehead atoms. The maximum atomic E-state index is 12.4. The molecule has 0 spiro atoms. The van der Waals surface area contributed by atoms with Crippen molar-refractivity contribution < 1.29 is 4.79 Å². The first-order chi connectivity index (χ1) is 14.2. The van der Waals surface area contributed by atoms with E-state index in [-0.39, 0.29) is 18.0 Å². The lowest BCUT2D eigenvalue weighted by Gasteiger charge is -2.09. The number of benzene rings is 1. The Balaban J connectivity index is 1.26. The monoisotopic (exact) mass is 390 g/mol. The lowest BCUT2D eigenvalue weighted by Crippen LogP contribution is -2.35. The number of rotatable bonds is 7. The first-order valence-corrected chi connectivity index (χ1v) is 8.99. The molecule has 0 aliphatic rings. The van der Waals surface area contributed by atoms with E-state index in [9.17, 15) is 9.59 Å². The van der Waals surface area contributed by atoms with E-state index in [0.29, 0.717) is 35.6 Å². The third-order valence-corrected chi connectivity index (χ3v) is 4.19. The molecule has 146 valence electrons. The third-order valence-electron chi connectivity index (χ3n) is 4.19. The minimum atomic E-state index is -0.272. The highest BCUT2D eigenvalue weighted by Crippen LogP contribution is 2.05. The molecule has 4 aromatic rings. The molecule has 10 heteroatoms. The van der Waals surface area contributed by atoms with Crippen LogP contribution in [0.3, 0.4) is 0 Å². The van der Waals surface area contributed by atoms with Crippen molar-refractivity contribution in [2.75, 3.05) is 18.4 Å². The third kappa shape index (κ3) is 4.26. The highest BCUT2D eigenvalue weighted by Gasteiger charge is 2.07. The summed E-state index contributed by atoms with van der Waals surface area (Å²) >= 11 is 0. The van der Waals surface area contributed by atoms with Gasteiger partial charge in [0, 0.05) is 25.5 Å². The van der Waals surface area contributed by atoms with Crippen molar-refractivity contribution in [3.63, 3.8) is 0 Å². The fourth-order valence-corrected chi connectivity index (χ4v) is 2.77. The van der Waals surface area contributed by atoms with E-state index in [4.69, 9.17) is 0 Å². The molecule has 0 fully saturated rings. The number of nitrogens with one attached hydrogen (secondary N) is 2. The topological polar surface area (TPSA) is 120 Å². The molecule has 0 radical (unpaired) electrons. The maximum absolute atomic E-state index is 12.4. The lowest BCUT2D eigenvalue weighted by molar-refractivity contribution is -0.121. The summed E-state index contributed by atoms with van der Waals surface area (Å²) < 4.78 is 2.91. The van der Waals surface area contributed by atoms with Crippen LogP contribution in [0, 0.1) is 0 Å². The standard InChI is InChI=1S/C19H18N8O2/c28-18(12-26-13-22-15-5-2-1-4-14(15)19(26)29)21-10-9-20-16-6-7-17(25-24-16)27-11-3-8-23-27/h1-8,11,13H,9-10,12H2,(H,20,24)(H,21,28). The van der Waals surface area contributed by atoms with Crippen LogP contribution in [0.5, 0.6) is 0 Å². The Morgan fingerprint density at radius 1 is 1.03 bits per heavy atom. The average Bonchev–Trinajstić information content (AvgIpc) is 3.29. The Kier molecular flexibility index (Phi) is 5.23. The van der Waals surface area contributed by atoms with E-state index in [2.05, 4.69) is 30.9 Å². The number of carbonyl (C=O) groups is 1. The summed E-state index contributed by atoms with van der Waals surface area (Å²) in [7, 11) is 0. The number of nitrogens with zero attached hydrogens (tertiary/aromatic N) is 6. The largest absolute Gasteiger partial charge is 0.367 e. The second-order valence-electron chi connectivity index (χ2n) is 6.20. The van der Waals surface area contributed by atoms with Gasteiger partial charge in [-0.25, -0.2) is 9.67 Å². The van der Waals surface area contributed by atoms with Gasteiger partial charge in [0.1, 0.15) is 12.4 Å². The van der Waals surface area contributed by atoms with E-state index in [1.807, 2.05) is 6.07 Å². The summed E-state index contributed by atoms with van der Waals surface area (Å²) in [6.45, 7) is 0.749. The number of hydrogen-bond acceptors (Lipinski definition) is 7. The molecule has 1 amide bonds. The Hall–Kier alpha value is -4.08. The summed E-state index contributed by atoms with van der Waals surface area (Å²) in [4.78, 5) is 28.7. The number of anilines is 1. The van der Waals surface area contributed by atoms with Crippen molar-refractivity contribution in [3.8, 4) is 5.82 Å². The van der Waals surface area contributed by atoms with E-state index >= 15 is 0 Å². The predicted octanol–water partition coefficient (Wildman–Crippen LogP) is 0.600. The second-order valence-corrected chi connectivity index (χ2v) is 6.20. The van der Waals surface area contributed by atoms with Crippen LogP contribution in [0.25, 0.3) is 16.7 Å². The zero-order chi connectivity index (χ0) is 20.1. The highest BCUT2D eigenvalue weighted by molar-refractivity contribution is 5.78. The second kappa shape index (κ2) is 8.30. The van der Waals surface area contributed by atoms with Crippen molar-refractivity contribution in [1.29, 1.82) is 0 Å². The Morgan fingerprint density at radius 2 is 1.93 bits per heavy atom. The van der Waals surface area contributed by atoms with Gasteiger partial charge < -0.3 is 10.6 Å². The Morgan fingerprint density at radius 3 is 2.72 bits per heavy atom. The predicted molar refractivity (Wildman–Crippen MR) is 107 cm³/mol. The zero-order valence-corrected chi connectivity index (χ0v) is 15.4. The van der Waals surface area contributed by atoms with Crippen LogP contribution in [0.2, 0.25) is 0 Å². The van der Waals surface area contributed by atoms with Crippen molar-refractivity contribution >= 4 is 22.6 Å². The van der Waals surface area contributed by atoms with Crippen LogP contribution in [-0.4, -0.2) is 48.5 Å². The van der Waals surface area contributed by atoms with Gasteiger partial charge in [-0.05, 0) is 30.3 Å². The van der Waals surface area contributed by atoms with Gasteiger partial charge >= 0.3 is 0 Å². The molecule has 2 N–H and O–H groups in total. The maximum Gasteiger partial charge on any atom is 0.261 e.